The zero-order chi connectivity index (χ0) is 23.4. The molecule has 3 N–H and O–H groups in total. The maximum Gasteiger partial charge on any atom is 0.320 e. The summed E-state index contributed by atoms with van der Waals surface area (Å²) in [5.74, 6) is 0.0322. The maximum atomic E-state index is 13.1. The molecule has 0 bridgehead atoms. The molecule has 8 nitrogen and oxygen atoms in total. The number of carbonyl (C=O) groups excluding carboxylic acids is 2. The highest BCUT2D eigenvalue weighted by Gasteiger charge is 2.34. The number of ether oxygens (including phenoxy) is 1. The fraction of sp³-hybridized carbons (Fsp3) is 0.640. The average molecular weight is 529 g/mol. The molecule has 35 heavy (non-hydrogen) atoms. The van der Waals surface area contributed by atoms with Crippen LogP contribution >= 0.6 is 24.8 Å². The Morgan fingerprint density at radius 2 is 1.51 bits per heavy atom. The van der Waals surface area contributed by atoms with Gasteiger partial charge in [0.05, 0.1) is 5.92 Å². The van der Waals surface area contributed by atoms with Crippen molar-refractivity contribution in [1.29, 1.82) is 5.41 Å². The summed E-state index contributed by atoms with van der Waals surface area (Å²) in [6, 6.07) is 7.96. The lowest BCUT2D eigenvalue weighted by molar-refractivity contribution is -0.155. The Balaban J connectivity index is 0.00000216. The van der Waals surface area contributed by atoms with Crippen molar-refractivity contribution in [2.75, 3.05) is 38.1 Å². The summed E-state index contributed by atoms with van der Waals surface area (Å²) in [6.45, 7) is 2.92. The molecule has 3 fully saturated rings. The van der Waals surface area contributed by atoms with Crippen molar-refractivity contribution in [3.63, 3.8) is 0 Å². The quantitative estimate of drug-likeness (QED) is 0.341. The molecule has 1 aromatic carbocycles. The Bertz CT molecular complexity index is 847. The van der Waals surface area contributed by atoms with Gasteiger partial charge in [0.25, 0.3) is 0 Å². The molecule has 10 heteroatoms. The van der Waals surface area contributed by atoms with Crippen molar-refractivity contribution < 1.29 is 14.3 Å². The number of nitrogens with zero attached hydrogens (tertiary/aromatic N) is 3. The molecular formula is C25H39Cl2N5O3. The molecule has 0 spiro atoms. The molecule has 0 radical (unpaired) electrons. The van der Waals surface area contributed by atoms with Crippen molar-refractivity contribution in [1.82, 2.24) is 9.80 Å². The van der Waals surface area contributed by atoms with Crippen molar-refractivity contribution in [2.24, 2.45) is 11.7 Å². The Kier molecular flexibility index (Phi) is 11.0. The van der Waals surface area contributed by atoms with Crippen LogP contribution in [-0.2, 0) is 9.53 Å². The highest BCUT2D eigenvalue weighted by atomic mass is 35.5. The fourth-order valence-electron chi connectivity index (χ4n) is 5.35. The van der Waals surface area contributed by atoms with Crippen molar-refractivity contribution in [3.05, 3.63) is 29.8 Å². The Hall–Kier alpha value is -2.19. The number of nitrogens with two attached hydrogens (primary N) is 1. The molecule has 0 unspecified atom stereocenters. The van der Waals surface area contributed by atoms with E-state index in [1.165, 1.54) is 0 Å². The van der Waals surface area contributed by atoms with Gasteiger partial charge in [0, 0.05) is 50.5 Å². The zero-order valence-corrected chi connectivity index (χ0v) is 22.1. The number of hydrogen-bond donors (Lipinski definition) is 2. The third kappa shape index (κ3) is 7.17. The van der Waals surface area contributed by atoms with Crippen LogP contribution in [0.2, 0.25) is 0 Å². The van der Waals surface area contributed by atoms with E-state index in [0.29, 0.717) is 13.1 Å². The summed E-state index contributed by atoms with van der Waals surface area (Å²) in [4.78, 5) is 31.7. The first kappa shape index (κ1) is 29.0. The molecule has 4 rings (SSSR count). The van der Waals surface area contributed by atoms with Gasteiger partial charge >= 0.3 is 12.0 Å². The van der Waals surface area contributed by atoms with Gasteiger partial charge in [0.2, 0.25) is 0 Å². The molecule has 1 aromatic rings. The zero-order valence-electron chi connectivity index (χ0n) is 20.5. The minimum atomic E-state index is -0.0261. The highest BCUT2D eigenvalue weighted by Crippen LogP contribution is 2.30. The van der Waals surface area contributed by atoms with Crippen LogP contribution in [0.15, 0.2) is 24.3 Å². The van der Waals surface area contributed by atoms with E-state index in [1.54, 1.807) is 0 Å². The molecule has 1 heterocycles. The number of hydrogen-bond acceptors (Lipinski definition) is 5. The van der Waals surface area contributed by atoms with Gasteiger partial charge in [-0.15, -0.1) is 24.8 Å². The van der Waals surface area contributed by atoms with Crippen LogP contribution in [0.25, 0.3) is 0 Å². The summed E-state index contributed by atoms with van der Waals surface area (Å²) in [7, 11) is 1.90. The average Bonchev–Trinajstić information content (AvgIpc) is 3.36. The van der Waals surface area contributed by atoms with E-state index >= 15 is 0 Å². The van der Waals surface area contributed by atoms with Crippen molar-refractivity contribution >= 4 is 48.3 Å². The van der Waals surface area contributed by atoms with E-state index in [1.807, 2.05) is 41.1 Å². The highest BCUT2D eigenvalue weighted by molar-refractivity contribution is 5.95. The first-order valence-electron chi connectivity index (χ1n) is 12.3. The third-order valence-electron chi connectivity index (χ3n) is 7.56. The first-order valence-corrected chi connectivity index (χ1v) is 12.3. The largest absolute Gasteiger partial charge is 0.462 e. The maximum absolute atomic E-state index is 13.1. The van der Waals surface area contributed by atoms with Gasteiger partial charge in [-0.05, 0) is 75.6 Å². The van der Waals surface area contributed by atoms with Crippen LogP contribution in [0.5, 0.6) is 0 Å². The number of nitrogen functional groups attached to an aromatic ring is 1. The smallest absolute Gasteiger partial charge is 0.320 e. The summed E-state index contributed by atoms with van der Waals surface area (Å²) in [6.07, 6.45) is 7.80. The first-order chi connectivity index (χ1) is 15.9. The van der Waals surface area contributed by atoms with Crippen molar-refractivity contribution in [3.8, 4) is 0 Å². The standard InChI is InChI=1S/C25H37N5O3.2ClH/c1-28(20-10-8-19(9-11-20)24(31)33-22-4-2-3-5-22)25(32)30-16-14-29(15-17-30)21-12-6-18(7-13-21)23(26)27;;/h6-7,12-13,19-20,22H,2-5,8-11,14-17H2,1H3,(H3,26,27);2*1H. The van der Waals surface area contributed by atoms with Crippen LogP contribution in [0, 0.1) is 11.3 Å². The van der Waals surface area contributed by atoms with Crippen molar-refractivity contribution in [2.45, 2.75) is 63.5 Å². The number of benzene rings is 1. The lowest BCUT2D eigenvalue weighted by atomic mass is 9.85. The number of anilines is 1. The molecular weight excluding hydrogens is 489 g/mol. The Morgan fingerprint density at radius 3 is 2.06 bits per heavy atom. The van der Waals surface area contributed by atoms with Gasteiger partial charge in [0.1, 0.15) is 11.9 Å². The lowest BCUT2D eigenvalue weighted by Gasteiger charge is -2.41. The number of rotatable bonds is 5. The topological polar surface area (TPSA) is 103 Å². The monoisotopic (exact) mass is 527 g/mol. The number of urea groups is 1. The van der Waals surface area contributed by atoms with Crippen LogP contribution < -0.4 is 10.6 Å². The molecule has 0 atom stereocenters. The van der Waals surface area contributed by atoms with Crippen LogP contribution in [0.4, 0.5) is 10.5 Å². The normalized spacial score (nSPS) is 22.5. The summed E-state index contributed by atoms with van der Waals surface area (Å²) < 4.78 is 5.70. The minimum absolute atomic E-state index is 0. The van der Waals surface area contributed by atoms with E-state index < -0.39 is 0 Å². The Labute approximate surface area is 220 Å². The number of esters is 1. The van der Waals surface area contributed by atoms with Gasteiger partial charge in [0.15, 0.2) is 0 Å². The summed E-state index contributed by atoms with van der Waals surface area (Å²) in [5, 5.41) is 7.52. The van der Waals surface area contributed by atoms with Gasteiger partial charge in [-0.3, -0.25) is 10.2 Å². The number of carbonyl (C=O) groups is 2. The molecule has 3 aliphatic rings. The number of amidine groups is 1. The summed E-state index contributed by atoms with van der Waals surface area (Å²) in [5.41, 5.74) is 7.34. The van der Waals surface area contributed by atoms with Gasteiger partial charge in [-0.1, -0.05) is 0 Å². The number of halogens is 2. The molecule has 196 valence electrons. The molecule has 2 saturated carbocycles. The molecule has 1 aliphatic heterocycles. The van der Waals surface area contributed by atoms with Crippen LogP contribution in [0.3, 0.4) is 0 Å². The van der Waals surface area contributed by atoms with E-state index in [0.717, 1.165) is 75.7 Å². The van der Waals surface area contributed by atoms with Gasteiger partial charge in [-0.2, -0.15) is 0 Å². The molecule has 0 aromatic heterocycles. The number of amides is 2. The molecule has 2 amide bonds. The van der Waals surface area contributed by atoms with Gasteiger partial charge in [-0.25, -0.2) is 4.79 Å². The predicted molar refractivity (Wildman–Crippen MR) is 143 cm³/mol. The SMILES string of the molecule is CN(C(=O)N1CCN(c2ccc(C(=N)N)cc2)CC1)C1CCC(C(=O)OC2CCCC2)CC1.Cl.Cl. The van der Waals surface area contributed by atoms with Crippen LogP contribution in [-0.4, -0.2) is 73.0 Å². The second kappa shape index (κ2) is 13.2. The molecule has 1 saturated heterocycles. The van der Waals surface area contributed by atoms with E-state index in [-0.39, 0.29) is 60.7 Å². The fourth-order valence-corrected chi connectivity index (χ4v) is 5.35. The Morgan fingerprint density at radius 1 is 0.943 bits per heavy atom. The lowest BCUT2D eigenvalue weighted by Crippen LogP contribution is -2.54. The third-order valence-corrected chi connectivity index (χ3v) is 7.56. The minimum Gasteiger partial charge on any atom is -0.462 e. The second-order valence-electron chi connectivity index (χ2n) is 9.68. The van der Waals surface area contributed by atoms with Crippen LogP contribution in [0.1, 0.15) is 56.9 Å². The van der Waals surface area contributed by atoms with E-state index in [4.69, 9.17) is 15.9 Å². The number of nitrogens with one attached hydrogen (secondary N) is 1. The second-order valence-corrected chi connectivity index (χ2v) is 9.68. The molecule has 2 aliphatic carbocycles. The predicted octanol–water partition coefficient (Wildman–Crippen LogP) is 4.03. The van der Waals surface area contributed by atoms with Gasteiger partial charge < -0.3 is 25.2 Å². The number of piperazine rings is 1. The van der Waals surface area contributed by atoms with E-state index in [2.05, 4.69) is 4.90 Å². The summed E-state index contributed by atoms with van der Waals surface area (Å²) >= 11 is 0. The van der Waals surface area contributed by atoms with E-state index in [9.17, 15) is 9.59 Å².